The van der Waals surface area contributed by atoms with E-state index in [9.17, 15) is 14.0 Å². The number of benzene rings is 2. The number of aromatic nitrogens is 2. The summed E-state index contributed by atoms with van der Waals surface area (Å²) < 4.78 is 15.2. The second-order valence-corrected chi connectivity index (χ2v) is 9.85. The number of nitrogens with one attached hydrogen (secondary N) is 2. The van der Waals surface area contributed by atoms with Crippen LogP contribution in [-0.2, 0) is 29.7 Å². The number of halogens is 1. The molecule has 2 aliphatic rings. The van der Waals surface area contributed by atoms with Gasteiger partial charge >= 0.3 is 0 Å². The van der Waals surface area contributed by atoms with E-state index in [0.29, 0.717) is 32.5 Å². The van der Waals surface area contributed by atoms with E-state index in [4.69, 9.17) is 4.98 Å². The summed E-state index contributed by atoms with van der Waals surface area (Å²) in [5.41, 5.74) is 2.91. The van der Waals surface area contributed by atoms with E-state index < -0.39 is 0 Å². The highest BCUT2D eigenvalue weighted by molar-refractivity contribution is 5.83. The molecule has 0 saturated carbocycles. The largest absolute Gasteiger partial charge is 0.353 e. The molecule has 0 aliphatic carbocycles. The van der Waals surface area contributed by atoms with E-state index in [1.165, 1.54) is 12.1 Å². The molecular weight excluding hydrogens is 459 g/mol. The summed E-state index contributed by atoms with van der Waals surface area (Å²) in [5, 5.41) is 6.03. The van der Waals surface area contributed by atoms with Crippen molar-refractivity contribution in [3.05, 3.63) is 65.7 Å². The average Bonchev–Trinajstić information content (AvgIpc) is 3.41. The summed E-state index contributed by atoms with van der Waals surface area (Å²) in [6.45, 7) is 2.33. The first-order chi connectivity index (χ1) is 17.4. The van der Waals surface area contributed by atoms with Gasteiger partial charge in [-0.25, -0.2) is 9.37 Å². The third-order valence-corrected chi connectivity index (χ3v) is 7.68. The summed E-state index contributed by atoms with van der Waals surface area (Å²) in [6, 6.07) is 14.1. The van der Waals surface area contributed by atoms with Crippen molar-refractivity contribution in [3.8, 4) is 0 Å². The van der Waals surface area contributed by atoms with Crippen molar-refractivity contribution in [3.63, 3.8) is 0 Å². The van der Waals surface area contributed by atoms with Gasteiger partial charge in [-0.3, -0.25) is 19.4 Å². The molecule has 190 valence electrons. The monoisotopic (exact) mass is 492 g/mol. The molecule has 3 atom stereocenters. The molecule has 8 nitrogen and oxygen atoms in total. The van der Waals surface area contributed by atoms with Crippen LogP contribution in [0.1, 0.15) is 30.7 Å². The molecule has 3 aromatic rings. The van der Waals surface area contributed by atoms with Gasteiger partial charge in [-0.05, 0) is 49.7 Å². The fraction of sp³-hybridized carbons (Fsp3) is 0.444. The van der Waals surface area contributed by atoms with E-state index >= 15 is 0 Å². The highest BCUT2D eigenvalue weighted by Gasteiger charge is 2.45. The van der Waals surface area contributed by atoms with Crippen LogP contribution in [0.5, 0.6) is 0 Å². The third-order valence-electron chi connectivity index (χ3n) is 7.68. The average molecular weight is 493 g/mol. The number of imidazole rings is 1. The minimum Gasteiger partial charge on any atom is -0.353 e. The Morgan fingerprint density at radius 2 is 1.94 bits per heavy atom. The molecule has 36 heavy (non-hydrogen) atoms. The number of fused-ring (bicyclic) bond motifs is 2. The number of hydrogen-bond donors (Lipinski definition) is 2. The minimum atomic E-state index is -0.291. The number of carbonyl (C=O) groups is 2. The van der Waals surface area contributed by atoms with Crippen molar-refractivity contribution in [1.82, 2.24) is 30.0 Å². The number of aryl methyl sites for hydroxylation is 1. The molecule has 5 rings (SSSR count). The van der Waals surface area contributed by atoms with Crippen LogP contribution in [0, 0.1) is 5.82 Å². The van der Waals surface area contributed by atoms with Gasteiger partial charge in [0.1, 0.15) is 17.7 Å². The quantitative estimate of drug-likeness (QED) is 0.529. The van der Waals surface area contributed by atoms with Crippen molar-refractivity contribution in [2.45, 2.75) is 50.5 Å². The normalized spacial score (nSPS) is 22.9. The molecule has 3 heterocycles. The number of likely N-dealkylation sites (tertiary alicyclic amines) is 1. The Hall–Kier alpha value is -3.30. The number of rotatable bonds is 7. The van der Waals surface area contributed by atoms with Gasteiger partial charge in [-0.15, -0.1) is 0 Å². The summed E-state index contributed by atoms with van der Waals surface area (Å²) >= 11 is 0. The number of amides is 2. The van der Waals surface area contributed by atoms with E-state index in [0.717, 1.165) is 35.4 Å². The van der Waals surface area contributed by atoms with Gasteiger partial charge in [0.25, 0.3) is 0 Å². The lowest BCUT2D eigenvalue weighted by Crippen LogP contribution is -2.49. The van der Waals surface area contributed by atoms with Gasteiger partial charge in [0.15, 0.2) is 0 Å². The third kappa shape index (κ3) is 4.99. The van der Waals surface area contributed by atoms with Crippen molar-refractivity contribution in [1.29, 1.82) is 0 Å². The summed E-state index contributed by atoms with van der Waals surface area (Å²) in [5.74, 6) is 0.660. The Balaban J connectivity index is 1.19. The molecule has 2 amide bonds. The minimum absolute atomic E-state index is 0.0465. The molecule has 0 unspecified atom stereocenters. The Morgan fingerprint density at radius 3 is 2.72 bits per heavy atom. The lowest BCUT2D eigenvalue weighted by molar-refractivity contribution is -0.126. The molecule has 2 saturated heterocycles. The molecule has 2 N–H and O–H groups in total. The topological polar surface area (TPSA) is 82.5 Å². The fourth-order valence-corrected chi connectivity index (χ4v) is 5.53. The van der Waals surface area contributed by atoms with E-state index in [1.807, 2.05) is 25.2 Å². The van der Waals surface area contributed by atoms with Crippen molar-refractivity contribution in [2.75, 3.05) is 20.1 Å². The second-order valence-electron chi connectivity index (χ2n) is 9.85. The number of para-hydroxylation sites is 2. The zero-order valence-corrected chi connectivity index (χ0v) is 20.8. The molecule has 2 fully saturated rings. The zero-order valence-electron chi connectivity index (χ0n) is 20.8. The molecule has 2 aromatic carbocycles. The first kappa shape index (κ1) is 24.4. The molecular formula is C27H33FN6O2. The maximum absolute atomic E-state index is 13.2. The van der Waals surface area contributed by atoms with E-state index in [-0.39, 0.29) is 35.8 Å². The number of hydrogen-bond acceptors (Lipinski definition) is 5. The molecule has 2 aliphatic heterocycles. The van der Waals surface area contributed by atoms with Crippen LogP contribution in [0.3, 0.4) is 0 Å². The number of carbonyl (C=O) groups excluding carboxylic acids is 2. The molecule has 9 heteroatoms. The van der Waals surface area contributed by atoms with Gasteiger partial charge < -0.3 is 15.2 Å². The van der Waals surface area contributed by atoms with Crippen LogP contribution in [0.4, 0.5) is 4.39 Å². The molecule has 1 aromatic heterocycles. The highest BCUT2D eigenvalue weighted by atomic mass is 19.1. The Morgan fingerprint density at radius 1 is 1.17 bits per heavy atom. The first-order valence-corrected chi connectivity index (χ1v) is 12.6. The van der Waals surface area contributed by atoms with Crippen molar-refractivity contribution < 1.29 is 14.0 Å². The van der Waals surface area contributed by atoms with Crippen molar-refractivity contribution >= 4 is 22.8 Å². The predicted molar refractivity (Wildman–Crippen MR) is 135 cm³/mol. The van der Waals surface area contributed by atoms with Gasteiger partial charge in [-0.1, -0.05) is 24.3 Å². The number of nitrogens with zero attached hydrogens (tertiary/aromatic N) is 4. The van der Waals surface area contributed by atoms with Crippen molar-refractivity contribution in [2.24, 2.45) is 7.05 Å². The van der Waals surface area contributed by atoms with E-state index in [1.54, 1.807) is 12.1 Å². The Bertz CT molecular complexity index is 1240. The molecule has 0 radical (unpaired) electrons. The summed E-state index contributed by atoms with van der Waals surface area (Å²) in [4.78, 5) is 34.9. The van der Waals surface area contributed by atoms with Crippen LogP contribution in [0.15, 0.2) is 48.5 Å². The van der Waals surface area contributed by atoms with Crippen LogP contribution < -0.4 is 10.6 Å². The molecule has 0 bridgehead atoms. The Labute approximate surface area is 210 Å². The number of likely N-dealkylation sites (N-methyl/N-ethyl adjacent to an activating group) is 1. The van der Waals surface area contributed by atoms with Crippen LogP contribution in [-0.4, -0.2) is 69.4 Å². The lowest BCUT2D eigenvalue weighted by Gasteiger charge is -2.33. The first-order valence-electron chi connectivity index (χ1n) is 12.6. The zero-order chi connectivity index (χ0) is 25.2. The van der Waals surface area contributed by atoms with Gasteiger partial charge in [0.2, 0.25) is 11.8 Å². The van der Waals surface area contributed by atoms with E-state index in [2.05, 4.69) is 38.1 Å². The van der Waals surface area contributed by atoms with Crippen LogP contribution in [0.25, 0.3) is 11.0 Å². The second kappa shape index (κ2) is 10.4. The highest BCUT2D eigenvalue weighted by Crippen LogP contribution is 2.29. The SMILES string of the molecule is CN1[C@@H](CCC(=O)NCc2ccc(F)cc2)CNC(=O)[C@@H]2[C@H]1CCN2Cc1nc2ccccc2n1C. The maximum Gasteiger partial charge on any atom is 0.239 e. The smallest absolute Gasteiger partial charge is 0.239 e. The van der Waals surface area contributed by atoms with Gasteiger partial charge in [-0.2, -0.15) is 0 Å². The maximum atomic E-state index is 13.2. The summed E-state index contributed by atoms with van der Waals surface area (Å²) in [6.07, 6.45) is 1.92. The summed E-state index contributed by atoms with van der Waals surface area (Å²) in [7, 11) is 4.09. The Kier molecular flexibility index (Phi) is 7.02. The van der Waals surface area contributed by atoms with Gasteiger partial charge in [0, 0.05) is 45.2 Å². The standard InChI is InChI=1S/C27H33FN6O2/c1-32-20(11-12-25(35)29-15-18-7-9-19(28)10-8-18)16-30-27(36)26-23(32)13-14-34(26)17-24-31-21-5-3-4-6-22(21)33(24)2/h3-10,20,23,26H,11-17H2,1-2H3,(H,29,35)(H,30,36)/t20-,23+,26-/m0/s1. The lowest BCUT2D eigenvalue weighted by atomic mass is 10.0. The fourth-order valence-electron chi connectivity index (χ4n) is 5.53. The van der Waals surface area contributed by atoms with Crippen LogP contribution in [0.2, 0.25) is 0 Å². The molecule has 0 spiro atoms. The predicted octanol–water partition coefficient (Wildman–Crippen LogP) is 2.18. The van der Waals surface area contributed by atoms with Crippen LogP contribution >= 0.6 is 0 Å². The van der Waals surface area contributed by atoms with Gasteiger partial charge in [0.05, 0.1) is 17.6 Å².